The van der Waals surface area contributed by atoms with Crippen LogP contribution < -0.4 is 0 Å². The highest BCUT2D eigenvalue weighted by molar-refractivity contribution is 5.71. The number of esters is 2. The quantitative estimate of drug-likeness (QED) is 0.0211. The fraction of sp³-hybridized carbons (Fsp3) is 0.717. The molecule has 0 aliphatic carbocycles. The molecule has 0 aliphatic heterocycles. The number of nitrogens with zero attached hydrogens (tertiary/aromatic N) is 1. The lowest BCUT2D eigenvalue weighted by Crippen LogP contribution is -2.40. The van der Waals surface area contributed by atoms with Crippen LogP contribution in [0.4, 0.5) is 0 Å². The maximum absolute atomic E-state index is 12.8. The van der Waals surface area contributed by atoms with Gasteiger partial charge in [-0.2, -0.15) is 0 Å². The number of carbonyl (C=O) groups is 3. The predicted molar refractivity (Wildman–Crippen MR) is 290 cm³/mol. The zero-order chi connectivity index (χ0) is 50.6. The van der Waals surface area contributed by atoms with Crippen molar-refractivity contribution < 1.29 is 42.9 Å². The van der Waals surface area contributed by atoms with Crippen LogP contribution in [0.2, 0.25) is 0 Å². The zero-order valence-electron chi connectivity index (χ0n) is 44.9. The summed E-state index contributed by atoms with van der Waals surface area (Å²) in [5, 5.41) is 9.69. The minimum absolute atomic E-state index is 0.177. The molecule has 0 spiro atoms. The number of ether oxygens (including phenoxy) is 4. The number of rotatable bonds is 50. The highest BCUT2D eigenvalue weighted by atomic mass is 16.7. The summed E-state index contributed by atoms with van der Waals surface area (Å²) in [5.41, 5.74) is 0. The van der Waals surface area contributed by atoms with Crippen molar-refractivity contribution in [2.24, 2.45) is 0 Å². The van der Waals surface area contributed by atoms with E-state index in [1.165, 1.54) is 109 Å². The summed E-state index contributed by atoms with van der Waals surface area (Å²) in [6.45, 7) is 4.71. The number of likely N-dealkylation sites (N-methyl/N-ethyl adjacent to an activating group) is 1. The summed E-state index contributed by atoms with van der Waals surface area (Å²) >= 11 is 0. The first-order valence-corrected chi connectivity index (χ1v) is 27.8. The number of quaternary nitrogens is 1. The van der Waals surface area contributed by atoms with E-state index in [0.717, 1.165) is 77.0 Å². The van der Waals surface area contributed by atoms with Gasteiger partial charge in [-0.3, -0.25) is 9.59 Å². The van der Waals surface area contributed by atoms with Crippen LogP contribution in [0.3, 0.4) is 0 Å². The van der Waals surface area contributed by atoms with E-state index in [-0.39, 0.29) is 38.6 Å². The molecular weight excluding hydrogens is 863 g/mol. The van der Waals surface area contributed by atoms with Gasteiger partial charge in [-0.1, -0.05) is 202 Å². The molecular formula is C60H104NO8+. The van der Waals surface area contributed by atoms with Crippen LogP contribution in [0.1, 0.15) is 219 Å². The van der Waals surface area contributed by atoms with Crippen LogP contribution in [-0.4, -0.2) is 87.4 Å². The van der Waals surface area contributed by atoms with Crippen molar-refractivity contribution >= 4 is 17.9 Å². The summed E-state index contributed by atoms with van der Waals surface area (Å²) in [5.74, 6) is -2.06. The number of allylic oxidation sites excluding steroid dienone is 14. The molecule has 2 unspecified atom stereocenters. The van der Waals surface area contributed by atoms with E-state index < -0.39 is 24.3 Å². The number of hydrogen-bond acceptors (Lipinski definition) is 7. The summed E-state index contributed by atoms with van der Waals surface area (Å²) in [6, 6.07) is 0. The standard InChI is InChI=1S/C60H103NO8/c1-6-8-10-12-14-16-18-20-22-24-26-27-28-29-30-31-33-34-36-38-40-42-44-46-48-50-57(62)67-54-56(55-68-60(59(64)65)66-53-52-61(3,4)5)69-58(63)51-49-47-45-43-41-39-37-35-32-25-23-21-19-17-15-13-11-9-7-2/h9,11,15,17-18,20-21,23-24,26,32,35,39,41,56,60H,6-8,10,12-14,16,19,22,25,27-31,33-34,36-38,40,42-55H2,1-5H3/p+1/b11-9-,17-15-,20-18-,23-21-,26-24-,35-32-,41-39-. The molecule has 0 bridgehead atoms. The smallest absolute Gasteiger partial charge is 0.361 e. The van der Waals surface area contributed by atoms with Crippen molar-refractivity contribution in [3.63, 3.8) is 0 Å². The lowest BCUT2D eigenvalue weighted by molar-refractivity contribution is -0.870. The van der Waals surface area contributed by atoms with Gasteiger partial charge in [-0.05, 0) is 89.9 Å². The first-order chi connectivity index (χ1) is 33.6. The van der Waals surface area contributed by atoms with Gasteiger partial charge in [0.25, 0.3) is 6.29 Å². The summed E-state index contributed by atoms with van der Waals surface area (Å²) in [7, 11) is 5.95. The Bertz CT molecular complexity index is 1400. The average molecular weight is 967 g/mol. The molecule has 396 valence electrons. The molecule has 69 heavy (non-hydrogen) atoms. The third-order valence-corrected chi connectivity index (χ3v) is 11.6. The van der Waals surface area contributed by atoms with E-state index in [4.69, 9.17) is 18.9 Å². The molecule has 0 rings (SSSR count). The number of carboxylic acid groups (broad SMARTS) is 1. The molecule has 0 radical (unpaired) electrons. The minimum atomic E-state index is -1.52. The maximum Gasteiger partial charge on any atom is 0.361 e. The second-order valence-corrected chi connectivity index (χ2v) is 19.5. The number of aliphatic carboxylic acids is 1. The first kappa shape index (κ1) is 65.5. The van der Waals surface area contributed by atoms with Crippen molar-refractivity contribution in [1.82, 2.24) is 0 Å². The third-order valence-electron chi connectivity index (χ3n) is 11.6. The molecule has 0 saturated heterocycles. The molecule has 0 amide bonds. The Balaban J connectivity index is 4.32. The fourth-order valence-corrected chi connectivity index (χ4v) is 7.36. The van der Waals surface area contributed by atoms with E-state index in [2.05, 4.69) is 98.9 Å². The van der Waals surface area contributed by atoms with Gasteiger partial charge in [0.05, 0.1) is 34.4 Å². The normalized spacial score (nSPS) is 13.5. The van der Waals surface area contributed by atoms with Crippen molar-refractivity contribution in [3.05, 3.63) is 85.1 Å². The van der Waals surface area contributed by atoms with E-state index in [1.807, 2.05) is 21.1 Å². The average Bonchev–Trinajstić information content (AvgIpc) is 3.31. The Morgan fingerprint density at radius 2 is 0.826 bits per heavy atom. The van der Waals surface area contributed by atoms with Crippen molar-refractivity contribution in [3.8, 4) is 0 Å². The number of carbonyl (C=O) groups excluding carboxylic acids is 2. The Morgan fingerprint density at radius 1 is 0.449 bits per heavy atom. The van der Waals surface area contributed by atoms with Gasteiger partial charge in [-0.15, -0.1) is 0 Å². The second kappa shape index (κ2) is 50.8. The molecule has 0 heterocycles. The van der Waals surface area contributed by atoms with Gasteiger partial charge in [0, 0.05) is 12.8 Å². The van der Waals surface area contributed by atoms with Crippen LogP contribution in [0.15, 0.2) is 85.1 Å². The van der Waals surface area contributed by atoms with Crippen molar-refractivity contribution in [1.29, 1.82) is 0 Å². The van der Waals surface area contributed by atoms with E-state index in [0.29, 0.717) is 17.4 Å². The molecule has 0 aromatic rings. The van der Waals surface area contributed by atoms with Crippen LogP contribution >= 0.6 is 0 Å². The van der Waals surface area contributed by atoms with Gasteiger partial charge >= 0.3 is 17.9 Å². The molecule has 9 nitrogen and oxygen atoms in total. The van der Waals surface area contributed by atoms with Crippen molar-refractivity contribution in [2.75, 3.05) is 47.5 Å². The highest BCUT2D eigenvalue weighted by Crippen LogP contribution is 2.15. The second-order valence-electron chi connectivity index (χ2n) is 19.5. The minimum Gasteiger partial charge on any atom is -0.477 e. The lowest BCUT2D eigenvalue weighted by Gasteiger charge is -2.25. The first-order valence-electron chi connectivity index (χ1n) is 27.8. The van der Waals surface area contributed by atoms with Crippen LogP contribution in [0, 0.1) is 0 Å². The van der Waals surface area contributed by atoms with Gasteiger partial charge in [-0.25, -0.2) is 4.79 Å². The van der Waals surface area contributed by atoms with Gasteiger partial charge in [0.2, 0.25) is 0 Å². The molecule has 1 N–H and O–H groups in total. The summed E-state index contributed by atoms with van der Waals surface area (Å²) in [6.07, 6.45) is 63.7. The van der Waals surface area contributed by atoms with Gasteiger partial charge in [0.1, 0.15) is 13.2 Å². The number of unbranched alkanes of at least 4 members (excludes halogenated alkanes) is 21. The number of carboxylic acids is 1. The van der Waals surface area contributed by atoms with Gasteiger partial charge in [0.15, 0.2) is 6.10 Å². The maximum atomic E-state index is 12.8. The Kier molecular flexibility index (Phi) is 48.2. The third kappa shape index (κ3) is 52.1. The molecule has 2 atom stereocenters. The lowest BCUT2D eigenvalue weighted by atomic mass is 10.0. The molecule has 0 fully saturated rings. The van der Waals surface area contributed by atoms with E-state index in [1.54, 1.807) is 0 Å². The number of hydrogen-bond donors (Lipinski definition) is 1. The topological polar surface area (TPSA) is 108 Å². The molecule has 0 aliphatic rings. The van der Waals surface area contributed by atoms with Crippen LogP contribution in [-0.2, 0) is 33.3 Å². The molecule has 0 saturated carbocycles. The molecule has 9 heteroatoms. The largest absolute Gasteiger partial charge is 0.477 e. The molecule has 0 aromatic heterocycles. The van der Waals surface area contributed by atoms with Gasteiger partial charge < -0.3 is 28.5 Å². The van der Waals surface area contributed by atoms with Crippen LogP contribution in [0.5, 0.6) is 0 Å². The Morgan fingerprint density at radius 3 is 1.25 bits per heavy atom. The fourth-order valence-electron chi connectivity index (χ4n) is 7.36. The van der Waals surface area contributed by atoms with E-state index >= 15 is 0 Å². The summed E-state index contributed by atoms with van der Waals surface area (Å²) < 4.78 is 22.8. The van der Waals surface area contributed by atoms with E-state index in [9.17, 15) is 19.5 Å². The highest BCUT2D eigenvalue weighted by Gasteiger charge is 2.25. The van der Waals surface area contributed by atoms with Crippen molar-refractivity contribution in [2.45, 2.75) is 232 Å². The SMILES string of the molecule is CC/C=C\C/C=C\C/C=C\C/C=C\C/C=C\CCCCCC(=O)OC(COC(=O)CCCCCCCCCCCCCCC/C=C\C/C=C\CCCCCCC)COC(OCC[N+](C)(C)C)C(=O)O. The molecule has 0 aromatic carbocycles. The zero-order valence-corrected chi connectivity index (χ0v) is 44.9. The summed E-state index contributed by atoms with van der Waals surface area (Å²) in [4.78, 5) is 37.4. The van der Waals surface area contributed by atoms with Crippen LogP contribution in [0.25, 0.3) is 0 Å². The Labute approximate surface area is 423 Å². The Hall–Kier alpha value is -3.53. The monoisotopic (exact) mass is 967 g/mol. The predicted octanol–water partition coefficient (Wildman–Crippen LogP) is 16.0.